The molecule has 0 spiro atoms. The smallest absolute Gasteiger partial charge is 0.331 e. The van der Waals surface area contributed by atoms with Crippen LogP contribution in [0.5, 0.6) is 0 Å². The first-order chi connectivity index (χ1) is 12.8. The number of fused-ring (bicyclic) bond motifs is 1. The summed E-state index contributed by atoms with van der Waals surface area (Å²) < 4.78 is 11.2. The minimum absolute atomic E-state index is 0.119. The Hall–Kier alpha value is -3.12. The van der Waals surface area contributed by atoms with Gasteiger partial charge < -0.3 is 14.0 Å². The molecule has 0 saturated heterocycles. The van der Waals surface area contributed by atoms with E-state index in [9.17, 15) is 4.79 Å². The molecule has 7 heteroatoms. The standard InChI is InChI=1S/C20H17ClN2O4/c1-10-5-6-11(2)17-15(10)9-16(26-17)18-22-19(27-23-18)14(13(4)21)8-7-12(3)20(24)25/h5-9H,4H2,1-3H3,(H,24,25)/b12-7+,14-8+. The second-order valence-corrected chi connectivity index (χ2v) is 6.57. The van der Waals surface area contributed by atoms with Crippen molar-refractivity contribution in [2.75, 3.05) is 0 Å². The minimum atomic E-state index is -1.04. The number of hydrogen-bond donors (Lipinski definition) is 1. The average Bonchev–Trinajstić information content (AvgIpc) is 3.25. The van der Waals surface area contributed by atoms with Crippen LogP contribution >= 0.6 is 11.6 Å². The van der Waals surface area contributed by atoms with Gasteiger partial charge in [-0.3, -0.25) is 0 Å². The Bertz CT molecular complexity index is 1080. The molecular weight excluding hydrogens is 368 g/mol. The molecule has 0 atom stereocenters. The molecule has 0 aliphatic heterocycles. The monoisotopic (exact) mass is 384 g/mol. The maximum Gasteiger partial charge on any atom is 0.331 e. The van der Waals surface area contributed by atoms with E-state index in [1.807, 2.05) is 32.0 Å². The van der Waals surface area contributed by atoms with Crippen LogP contribution in [0.15, 0.2) is 56.5 Å². The van der Waals surface area contributed by atoms with Gasteiger partial charge in [0.25, 0.3) is 5.89 Å². The van der Waals surface area contributed by atoms with Crippen molar-refractivity contribution in [3.8, 4) is 11.6 Å². The third-order valence-corrected chi connectivity index (χ3v) is 4.31. The van der Waals surface area contributed by atoms with Crippen LogP contribution in [0.3, 0.4) is 0 Å². The van der Waals surface area contributed by atoms with Gasteiger partial charge in [-0.05, 0) is 44.0 Å². The number of aliphatic carboxylic acids is 1. The van der Waals surface area contributed by atoms with Crippen molar-refractivity contribution in [3.63, 3.8) is 0 Å². The number of halogens is 1. The first-order valence-corrected chi connectivity index (χ1v) is 8.46. The summed E-state index contributed by atoms with van der Waals surface area (Å²) in [5.41, 5.74) is 3.33. The van der Waals surface area contributed by atoms with E-state index in [0.717, 1.165) is 22.1 Å². The Morgan fingerprint density at radius 2 is 1.96 bits per heavy atom. The number of allylic oxidation sites excluding steroid dienone is 4. The van der Waals surface area contributed by atoms with Gasteiger partial charge in [0, 0.05) is 16.0 Å². The van der Waals surface area contributed by atoms with Crippen molar-refractivity contribution in [1.29, 1.82) is 0 Å². The van der Waals surface area contributed by atoms with Crippen LogP contribution in [0, 0.1) is 13.8 Å². The van der Waals surface area contributed by atoms with E-state index in [0.29, 0.717) is 11.3 Å². The molecule has 27 heavy (non-hydrogen) atoms. The number of aryl methyl sites for hydroxylation is 2. The summed E-state index contributed by atoms with van der Waals surface area (Å²) in [6, 6.07) is 5.87. The number of furan rings is 1. The third-order valence-electron chi connectivity index (χ3n) is 4.10. The molecule has 0 radical (unpaired) electrons. The van der Waals surface area contributed by atoms with Gasteiger partial charge in [0.2, 0.25) is 5.82 Å². The lowest BCUT2D eigenvalue weighted by Gasteiger charge is -1.97. The van der Waals surface area contributed by atoms with Gasteiger partial charge in [-0.15, -0.1) is 0 Å². The molecule has 2 heterocycles. The number of hydrogen-bond acceptors (Lipinski definition) is 5. The number of carbonyl (C=O) groups is 1. The van der Waals surface area contributed by atoms with Crippen LogP contribution in [0.4, 0.5) is 0 Å². The van der Waals surface area contributed by atoms with Crippen molar-refractivity contribution in [2.24, 2.45) is 0 Å². The molecule has 0 aliphatic rings. The average molecular weight is 385 g/mol. The van der Waals surface area contributed by atoms with E-state index < -0.39 is 5.97 Å². The molecule has 1 N–H and O–H groups in total. The van der Waals surface area contributed by atoms with Gasteiger partial charge in [0.1, 0.15) is 5.58 Å². The highest BCUT2D eigenvalue weighted by Crippen LogP contribution is 2.32. The first-order valence-electron chi connectivity index (χ1n) is 8.08. The number of carboxylic acid groups (broad SMARTS) is 1. The molecule has 0 amide bonds. The lowest BCUT2D eigenvalue weighted by atomic mass is 10.1. The molecule has 0 saturated carbocycles. The van der Waals surface area contributed by atoms with Gasteiger partial charge in [0.15, 0.2) is 5.76 Å². The maximum absolute atomic E-state index is 10.9. The van der Waals surface area contributed by atoms with Crippen molar-refractivity contribution in [3.05, 3.63) is 64.6 Å². The largest absolute Gasteiger partial charge is 0.478 e. The maximum atomic E-state index is 10.9. The molecule has 6 nitrogen and oxygen atoms in total. The van der Waals surface area contributed by atoms with Gasteiger partial charge in [-0.25, -0.2) is 4.79 Å². The van der Waals surface area contributed by atoms with E-state index >= 15 is 0 Å². The quantitative estimate of drug-likeness (QED) is 0.476. The third kappa shape index (κ3) is 3.71. The second-order valence-electron chi connectivity index (χ2n) is 6.12. The number of benzene rings is 1. The molecule has 3 aromatic rings. The zero-order valence-corrected chi connectivity index (χ0v) is 15.8. The fourth-order valence-electron chi connectivity index (χ4n) is 2.49. The summed E-state index contributed by atoms with van der Waals surface area (Å²) >= 11 is 6.01. The van der Waals surface area contributed by atoms with Crippen LogP contribution in [0.1, 0.15) is 23.9 Å². The molecule has 0 fully saturated rings. The van der Waals surface area contributed by atoms with Crippen LogP contribution in [-0.2, 0) is 4.79 Å². The lowest BCUT2D eigenvalue weighted by molar-refractivity contribution is -0.132. The zero-order chi connectivity index (χ0) is 19.7. The van der Waals surface area contributed by atoms with E-state index in [-0.39, 0.29) is 22.3 Å². The van der Waals surface area contributed by atoms with Gasteiger partial charge in [0.05, 0.1) is 5.57 Å². The number of rotatable bonds is 5. The second kappa shape index (κ2) is 7.25. The highest BCUT2D eigenvalue weighted by molar-refractivity contribution is 6.36. The Morgan fingerprint density at radius 1 is 1.26 bits per heavy atom. The molecule has 2 aromatic heterocycles. The van der Waals surface area contributed by atoms with Gasteiger partial charge >= 0.3 is 5.97 Å². The zero-order valence-electron chi connectivity index (χ0n) is 15.0. The SMILES string of the molecule is C=C(Cl)/C(=C\C=C(/C)C(=O)O)c1nc(-c2cc3c(C)ccc(C)c3o2)no1. The highest BCUT2D eigenvalue weighted by atomic mass is 35.5. The molecule has 0 unspecified atom stereocenters. The summed E-state index contributed by atoms with van der Waals surface area (Å²) in [6.45, 7) is 9.09. The molecule has 138 valence electrons. The molecule has 1 aromatic carbocycles. The van der Waals surface area contributed by atoms with Crippen LogP contribution in [0.2, 0.25) is 0 Å². The normalized spacial score (nSPS) is 12.6. The fourth-order valence-corrected chi connectivity index (χ4v) is 2.64. The topological polar surface area (TPSA) is 89.4 Å². The summed E-state index contributed by atoms with van der Waals surface area (Å²) in [7, 11) is 0. The Morgan fingerprint density at radius 3 is 2.59 bits per heavy atom. The Labute approximate surface area is 160 Å². The molecule has 3 rings (SSSR count). The number of carboxylic acids is 1. The van der Waals surface area contributed by atoms with Crippen molar-refractivity contribution >= 4 is 34.1 Å². The fraction of sp³-hybridized carbons (Fsp3) is 0.150. The van der Waals surface area contributed by atoms with E-state index in [1.165, 1.54) is 19.1 Å². The summed E-state index contributed by atoms with van der Waals surface area (Å²) in [5.74, 6) is -0.185. The van der Waals surface area contributed by atoms with Crippen molar-refractivity contribution in [1.82, 2.24) is 10.1 Å². The minimum Gasteiger partial charge on any atom is -0.478 e. The van der Waals surface area contributed by atoms with Crippen molar-refractivity contribution in [2.45, 2.75) is 20.8 Å². The van der Waals surface area contributed by atoms with Crippen LogP contribution < -0.4 is 0 Å². The van der Waals surface area contributed by atoms with Gasteiger partial charge in [-0.1, -0.05) is 41.5 Å². The van der Waals surface area contributed by atoms with E-state index in [1.54, 1.807) is 0 Å². The van der Waals surface area contributed by atoms with Crippen LogP contribution in [0.25, 0.3) is 28.1 Å². The predicted octanol–water partition coefficient (Wildman–Crippen LogP) is 5.27. The predicted molar refractivity (Wildman–Crippen MR) is 103 cm³/mol. The summed E-state index contributed by atoms with van der Waals surface area (Å²) in [5, 5.41) is 14.0. The Balaban J connectivity index is 2.03. The highest BCUT2D eigenvalue weighted by Gasteiger charge is 2.18. The van der Waals surface area contributed by atoms with Crippen molar-refractivity contribution < 1.29 is 18.8 Å². The Kier molecular flexibility index (Phi) is 5.01. The van der Waals surface area contributed by atoms with Crippen LogP contribution in [-0.4, -0.2) is 21.2 Å². The molecular formula is C20H17ClN2O4. The number of aromatic nitrogens is 2. The van der Waals surface area contributed by atoms with E-state index in [4.69, 9.17) is 25.6 Å². The molecule has 0 bridgehead atoms. The number of nitrogens with zero attached hydrogens (tertiary/aromatic N) is 2. The molecule has 0 aliphatic carbocycles. The summed E-state index contributed by atoms with van der Waals surface area (Å²) in [4.78, 5) is 15.2. The van der Waals surface area contributed by atoms with Gasteiger partial charge in [-0.2, -0.15) is 4.98 Å². The lowest BCUT2D eigenvalue weighted by Crippen LogP contribution is -1.95. The summed E-state index contributed by atoms with van der Waals surface area (Å²) in [6.07, 6.45) is 2.87. The van der Waals surface area contributed by atoms with E-state index in [2.05, 4.69) is 16.7 Å². The first kappa shape index (κ1) is 18.7.